The molecule has 3 heterocycles. The predicted molar refractivity (Wildman–Crippen MR) is 134 cm³/mol. The monoisotopic (exact) mass is 488 g/mol. The number of carbonyl (C=O) groups excluding carboxylic acids is 1. The van der Waals surface area contributed by atoms with E-state index in [1.165, 1.54) is 17.3 Å². The van der Waals surface area contributed by atoms with Gasteiger partial charge in [0.2, 0.25) is 5.91 Å². The number of ether oxygens (including phenoxy) is 2. The van der Waals surface area contributed by atoms with E-state index < -0.39 is 0 Å². The zero-order valence-corrected chi connectivity index (χ0v) is 20.4. The van der Waals surface area contributed by atoms with Gasteiger partial charge in [-0.05, 0) is 30.7 Å². The number of hydrogen-bond donors (Lipinski definition) is 1. The average Bonchev–Trinajstić information content (AvgIpc) is 3.50. The van der Waals surface area contributed by atoms with Crippen molar-refractivity contribution >= 4 is 28.8 Å². The minimum absolute atomic E-state index is 0.103. The lowest BCUT2D eigenvalue weighted by molar-refractivity contribution is -0.118. The van der Waals surface area contributed by atoms with E-state index in [9.17, 15) is 4.79 Å². The normalized spacial score (nSPS) is 11.2. The molecule has 10 heteroatoms. The van der Waals surface area contributed by atoms with Crippen molar-refractivity contribution in [3.63, 3.8) is 0 Å². The Labute approximate surface area is 206 Å². The number of aryl methyl sites for hydroxylation is 1. The zero-order chi connectivity index (χ0) is 24.4. The Morgan fingerprint density at radius 3 is 2.57 bits per heavy atom. The van der Waals surface area contributed by atoms with Gasteiger partial charge in [0.1, 0.15) is 5.52 Å². The van der Waals surface area contributed by atoms with Gasteiger partial charge in [0, 0.05) is 24.5 Å². The summed E-state index contributed by atoms with van der Waals surface area (Å²) in [6.45, 7) is 2.45. The average molecular weight is 489 g/mol. The highest BCUT2D eigenvalue weighted by molar-refractivity contribution is 7.99. The Bertz CT molecular complexity index is 1510. The molecule has 2 aromatic carbocycles. The van der Waals surface area contributed by atoms with Crippen LogP contribution in [-0.2, 0) is 11.3 Å². The molecular weight excluding hydrogens is 464 g/mol. The van der Waals surface area contributed by atoms with Gasteiger partial charge in [-0.1, -0.05) is 47.7 Å². The molecule has 1 N–H and O–H groups in total. The molecule has 9 nitrogen and oxygen atoms in total. The van der Waals surface area contributed by atoms with Crippen LogP contribution in [0.25, 0.3) is 22.4 Å². The van der Waals surface area contributed by atoms with Gasteiger partial charge in [0.15, 0.2) is 22.3 Å². The van der Waals surface area contributed by atoms with Gasteiger partial charge >= 0.3 is 0 Å². The van der Waals surface area contributed by atoms with E-state index in [0.29, 0.717) is 28.8 Å². The first-order valence-corrected chi connectivity index (χ1v) is 11.9. The van der Waals surface area contributed by atoms with Crippen molar-refractivity contribution in [3.8, 4) is 22.8 Å². The van der Waals surface area contributed by atoms with Crippen molar-refractivity contribution in [1.82, 2.24) is 29.5 Å². The lowest BCUT2D eigenvalue weighted by Crippen LogP contribution is -2.24. The van der Waals surface area contributed by atoms with Gasteiger partial charge in [-0.2, -0.15) is 5.10 Å². The van der Waals surface area contributed by atoms with E-state index >= 15 is 0 Å². The molecule has 5 aromatic rings. The SMILES string of the molecule is COc1ccc(CNC(=O)CSc2nnc3c4cc(-c5ccc(C)cc5)nn4ccn23)cc1OC. The van der Waals surface area contributed by atoms with Crippen LogP contribution in [-0.4, -0.2) is 50.1 Å². The van der Waals surface area contributed by atoms with Crippen molar-refractivity contribution in [3.05, 3.63) is 72.1 Å². The maximum atomic E-state index is 12.5. The number of benzene rings is 2. The van der Waals surface area contributed by atoms with Crippen LogP contribution in [0.4, 0.5) is 0 Å². The first kappa shape index (κ1) is 22.7. The summed E-state index contributed by atoms with van der Waals surface area (Å²) >= 11 is 1.33. The standard InChI is InChI=1S/C25H24N6O3S/c1-16-4-7-18(8-5-16)19-13-20-24-27-28-25(30(24)10-11-31(20)29-19)35-15-23(32)26-14-17-6-9-21(33-2)22(12-17)34-3/h4-13H,14-15H2,1-3H3,(H,26,32). The molecule has 0 unspecified atom stereocenters. The molecule has 0 spiro atoms. The maximum Gasteiger partial charge on any atom is 0.230 e. The number of fused-ring (bicyclic) bond motifs is 3. The molecule has 3 aromatic heterocycles. The molecule has 0 radical (unpaired) electrons. The molecule has 0 aliphatic heterocycles. The third-order valence-electron chi connectivity index (χ3n) is 5.60. The van der Waals surface area contributed by atoms with Crippen LogP contribution in [0.15, 0.2) is 66.1 Å². The summed E-state index contributed by atoms with van der Waals surface area (Å²) in [6, 6.07) is 15.8. The number of nitrogens with zero attached hydrogens (tertiary/aromatic N) is 5. The molecule has 0 bridgehead atoms. The third kappa shape index (κ3) is 4.65. The van der Waals surface area contributed by atoms with Gasteiger partial charge in [0.25, 0.3) is 0 Å². The van der Waals surface area contributed by atoms with Gasteiger partial charge in [0.05, 0.1) is 25.7 Å². The van der Waals surface area contributed by atoms with Crippen LogP contribution in [0.3, 0.4) is 0 Å². The highest BCUT2D eigenvalue weighted by Crippen LogP contribution is 2.28. The Kier molecular flexibility index (Phi) is 6.28. The van der Waals surface area contributed by atoms with Crippen molar-refractivity contribution in [2.24, 2.45) is 0 Å². The fourth-order valence-electron chi connectivity index (χ4n) is 3.73. The van der Waals surface area contributed by atoms with E-state index in [0.717, 1.165) is 22.3 Å². The van der Waals surface area contributed by atoms with E-state index in [1.54, 1.807) is 18.7 Å². The number of rotatable bonds is 8. The summed E-state index contributed by atoms with van der Waals surface area (Å²) in [5.41, 5.74) is 5.56. The van der Waals surface area contributed by atoms with E-state index in [-0.39, 0.29) is 11.7 Å². The lowest BCUT2D eigenvalue weighted by atomic mass is 10.1. The minimum atomic E-state index is -0.103. The highest BCUT2D eigenvalue weighted by Gasteiger charge is 2.14. The van der Waals surface area contributed by atoms with Crippen LogP contribution in [0.1, 0.15) is 11.1 Å². The topological polar surface area (TPSA) is 95.0 Å². The summed E-state index contributed by atoms with van der Waals surface area (Å²) in [5, 5.41) is 16.9. The van der Waals surface area contributed by atoms with Crippen molar-refractivity contribution in [1.29, 1.82) is 0 Å². The largest absolute Gasteiger partial charge is 0.493 e. The molecule has 0 aliphatic rings. The Balaban J connectivity index is 1.27. The number of hydrogen-bond acceptors (Lipinski definition) is 7. The predicted octanol–water partition coefficient (Wildman–Crippen LogP) is 3.78. The number of carbonyl (C=O) groups is 1. The maximum absolute atomic E-state index is 12.5. The second kappa shape index (κ2) is 9.67. The molecule has 0 saturated carbocycles. The Hall–Kier alpha value is -4.05. The summed E-state index contributed by atoms with van der Waals surface area (Å²) in [4.78, 5) is 12.5. The molecule has 0 fully saturated rings. The van der Waals surface area contributed by atoms with Gasteiger partial charge in [-0.15, -0.1) is 10.2 Å². The number of nitrogens with one attached hydrogen (secondary N) is 1. The summed E-state index contributed by atoms with van der Waals surface area (Å²) in [7, 11) is 3.17. The van der Waals surface area contributed by atoms with E-state index in [4.69, 9.17) is 9.47 Å². The lowest BCUT2D eigenvalue weighted by Gasteiger charge is -2.10. The smallest absolute Gasteiger partial charge is 0.230 e. The fourth-order valence-corrected chi connectivity index (χ4v) is 4.47. The second-order valence-corrected chi connectivity index (χ2v) is 8.90. The molecule has 1 amide bonds. The minimum Gasteiger partial charge on any atom is -0.493 e. The first-order chi connectivity index (χ1) is 17.1. The molecular formula is C25H24N6O3S. The third-order valence-corrected chi connectivity index (χ3v) is 6.55. The van der Waals surface area contributed by atoms with Gasteiger partial charge in [-0.25, -0.2) is 4.52 Å². The number of methoxy groups -OCH3 is 2. The number of aromatic nitrogens is 5. The van der Waals surface area contributed by atoms with Crippen LogP contribution >= 0.6 is 11.8 Å². The Morgan fingerprint density at radius 1 is 1.00 bits per heavy atom. The van der Waals surface area contributed by atoms with Crippen molar-refractivity contribution in [2.45, 2.75) is 18.6 Å². The second-order valence-electron chi connectivity index (χ2n) is 7.95. The van der Waals surface area contributed by atoms with E-state index in [2.05, 4.69) is 51.8 Å². The van der Waals surface area contributed by atoms with Crippen molar-refractivity contribution in [2.75, 3.05) is 20.0 Å². The van der Waals surface area contributed by atoms with Crippen LogP contribution < -0.4 is 14.8 Å². The molecule has 0 saturated heterocycles. The van der Waals surface area contributed by atoms with Crippen LogP contribution in [0.5, 0.6) is 11.5 Å². The highest BCUT2D eigenvalue weighted by atomic mass is 32.2. The Morgan fingerprint density at radius 2 is 1.80 bits per heavy atom. The molecule has 0 atom stereocenters. The number of amides is 1. The fraction of sp³-hybridized carbons (Fsp3) is 0.200. The zero-order valence-electron chi connectivity index (χ0n) is 19.6. The van der Waals surface area contributed by atoms with Gasteiger partial charge < -0.3 is 14.8 Å². The molecule has 0 aliphatic carbocycles. The van der Waals surface area contributed by atoms with Crippen LogP contribution in [0.2, 0.25) is 0 Å². The molecule has 5 rings (SSSR count). The number of thioether (sulfide) groups is 1. The van der Waals surface area contributed by atoms with E-state index in [1.807, 2.05) is 41.1 Å². The van der Waals surface area contributed by atoms with Gasteiger partial charge in [-0.3, -0.25) is 9.20 Å². The molecule has 178 valence electrons. The van der Waals surface area contributed by atoms with Crippen molar-refractivity contribution < 1.29 is 14.3 Å². The first-order valence-electron chi connectivity index (χ1n) is 11.0. The quantitative estimate of drug-likeness (QED) is 0.332. The summed E-state index contributed by atoms with van der Waals surface area (Å²) < 4.78 is 14.2. The van der Waals surface area contributed by atoms with Crippen LogP contribution in [0, 0.1) is 6.92 Å². The summed E-state index contributed by atoms with van der Waals surface area (Å²) in [5.74, 6) is 1.39. The molecule has 35 heavy (non-hydrogen) atoms. The summed E-state index contributed by atoms with van der Waals surface area (Å²) in [6.07, 6.45) is 3.72.